The second kappa shape index (κ2) is 4.60. The Balaban J connectivity index is 2.09. The van der Waals surface area contributed by atoms with Crippen LogP contribution in [-0.2, 0) is 4.79 Å². The van der Waals surface area contributed by atoms with Crippen LogP contribution in [0.15, 0.2) is 0 Å². The number of nitrogens with two attached hydrogens (primary N) is 1. The maximum atomic E-state index is 12.7. The van der Waals surface area contributed by atoms with Crippen molar-refractivity contribution in [3.63, 3.8) is 0 Å². The quantitative estimate of drug-likeness (QED) is 0.759. The van der Waals surface area contributed by atoms with Gasteiger partial charge in [0.05, 0.1) is 5.41 Å². The number of carbonyl (C=O) groups is 1. The molecule has 1 saturated carbocycles. The molecule has 0 spiro atoms. The summed E-state index contributed by atoms with van der Waals surface area (Å²) in [5.41, 5.74) is 5.85. The summed E-state index contributed by atoms with van der Waals surface area (Å²) >= 11 is 0. The van der Waals surface area contributed by atoms with Crippen molar-refractivity contribution in [2.24, 2.45) is 23.0 Å². The maximum Gasteiger partial charge on any atom is 0.230 e. The largest absolute Gasteiger partial charge is 0.342 e. The standard InChI is InChI=1S/C14H26N2O/c1-10-7-11(2)9-16(8-10)13(17)14(3)6-4-5-12(14)15/h10-12H,4-9,15H2,1-3H3. The lowest BCUT2D eigenvalue weighted by atomic mass is 9.81. The van der Waals surface area contributed by atoms with E-state index in [9.17, 15) is 4.79 Å². The lowest BCUT2D eigenvalue weighted by molar-refractivity contribution is -0.144. The molecule has 4 atom stereocenters. The zero-order valence-electron chi connectivity index (χ0n) is 11.4. The summed E-state index contributed by atoms with van der Waals surface area (Å²) in [5, 5.41) is 0. The van der Waals surface area contributed by atoms with Crippen molar-refractivity contribution in [3.8, 4) is 0 Å². The van der Waals surface area contributed by atoms with Crippen molar-refractivity contribution in [3.05, 3.63) is 0 Å². The van der Waals surface area contributed by atoms with Gasteiger partial charge in [0.2, 0.25) is 5.91 Å². The van der Waals surface area contributed by atoms with Gasteiger partial charge in [-0.2, -0.15) is 0 Å². The van der Waals surface area contributed by atoms with Gasteiger partial charge >= 0.3 is 0 Å². The fraction of sp³-hybridized carbons (Fsp3) is 0.929. The minimum atomic E-state index is -0.295. The molecule has 4 unspecified atom stereocenters. The first-order valence-corrected chi connectivity index (χ1v) is 6.98. The highest BCUT2D eigenvalue weighted by Gasteiger charge is 2.45. The van der Waals surface area contributed by atoms with Gasteiger partial charge in [-0.1, -0.05) is 20.3 Å². The Kier molecular flexibility index (Phi) is 3.48. The first kappa shape index (κ1) is 12.9. The van der Waals surface area contributed by atoms with Crippen LogP contribution in [-0.4, -0.2) is 29.9 Å². The van der Waals surface area contributed by atoms with Gasteiger partial charge in [-0.05, 0) is 38.0 Å². The predicted octanol–water partition coefficient (Wildman–Crippen LogP) is 2.01. The second-order valence-electron chi connectivity index (χ2n) is 6.57. The van der Waals surface area contributed by atoms with E-state index in [1.165, 1.54) is 6.42 Å². The summed E-state index contributed by atoms with van der Waals surface area (Å²) in [4.78, 5) is 14.7. The van der Waals surface area contributed by atoms with Crippen LogP contribution < -0.4 is 5.73 Å². The number of rotatable bonds is 1. The molecule has 98 valence electrons. The third kappa shape index (κ3) is 2.35. The van der Waals surface area contributed by atoms with Gasteiger partial charge < -0.3 is 10.6 Å². The first-order valence-electron chi connectivity index (χ1n) is 6.98. The molecule has 1 amide bonds. The SMILES string of the molecule is CC1CC(C)CN(C(=O)C2(C)CCCC2N)C1. The van der Waals surface area contributed by atoms with Gasteiger partial charge in [-0.25, -0.2) is 0 Å². The van der Waals surface area contributed by atoms with Gasteiger partial charge in [-0.15, -0.1) is 0 Å². The highest BCUT2D eigenvalue weighted by Crippen LogP contribution is 2.39. The Morgan fingerprint density at radius 1 is 1.29 bits per heavy atom. The monoisotopic (exact) mass is 238 g/mol. The number of piperidine rings is 1. The van der Waals surface area contributed by atoms with E-state index in [-0.39, 0.29) is 11.5 Å². The Hall–Kier alpha value is -0.570. The van der Waals surface area contributed by atoms with Gasteiger partial charge in [0, 0.05) is 19.1 Å². The van der Waals surface area contributed by atoms with E-state index in [4.69, 9.17) is 5.73 Å². The molecule has 1 aliphatic carbocycles. The number of hydrogen-bond acceptors (Lipinski definition) is 2. The van der Waals surface area contributed by atoms with E-state index in [2.05, 4.69) is 25.7 Å². The zero-order valence-corrected chi connectivity index (χ0v) is 11.4. The molecule has 0 bridgehead atoms. The molecule has 2 N–H and O–H groups in total. The molecule has 0 radical (unpaired) electrons. The lowest BCUT2D eigenvalue weighted by Crippen LogP contribution is -2.53. The summed E-state index contributed by atoms with van der Waals surface area (Å²) in [6.45, 7) is 8.40. The fourth-order valence-electron chi connectivity index (χ4n) is 3.65. The molecule has 3 nitrogen and oxygen atoms in total. The molecule has 0 aromatic carbocycles. The summed E-state index contributed by atoms with van der Waals surface area (Å²) in [7, 11) is 0. The summed E-state index contributed by atoms with van der Waals surface area (Å²) < 4.78 is 0. The van der Waals surface area contributed by atoms with E-state index in [1.54, 1.807) is 0 Å². The molecule has 2 fully saturated rings. The van der Waals surface area contributed by atoms with Crippen molar-refractivity contribution in [2.45, 2.75) is 52.5 Å². The first-order chi connectivity index (χ1) is 7.93. The molecule has 17 heavy (non-hydrogen) atoms. The normalized spacial score (nSPS) is 42.8. The molecule has 1 aliphatic heterocycles. The van der Waals surface area contributed by atoms with Crippen LogP contribution in [0.4, 0.5) is 0 Å². The number of hydrogen-bond donors (Lipinski definition) is 1. The van der Waals surface area contributed by atoms with E-state index in [0.29, 0.717) is 17.7 Å². The number of nitrogens with zero attached hydrogens (tertiary/aromatic N) is 1. The van der Waals surface area contributed by atoms with E-state index in [1.807, 2.05) is 0 Å². The smallest absolute Gasteiger partial charge is 0.230 e. The minimum Gasteiger partial charge on any atom is -0.342 e. The number of carbonyl (C=O) groups excluding carboxylic acids is 1. The fourth-order valence-corrected chi connectivity index (χ4v) is 3.65. The average molecular weight is 238 g/mol. The number of likely N-dealkylation sites (tertiary alicyclic amines) is 1. The van der Waals surface area contributed by atoms with E-state index < -0.39 is 0 Å². The minimum absolute atomic E-state index is 0.0579. The van der Waals surface area contributed by atoms with Crippen LogP contribution in [0.2, 0.25) is 0 Å². The van der Waals surface area contributed by atoms with Crippen molar-refractivity contribution in [1.82, 2.24) is 4.90 Å². The van der Waals surface area contributed by atoms with Crippen LogP contribution >= 0.6 is 0 Å². The van der Waals surface area contributed by atoms with Gasteiger partial charge in [0.1, 0.15) is 0 Å². The zero-order chi connectivity index (χ0) is 12.6. The van der Waals surface area contributed by atoms with E-state index >= 15 is 0 Å². The molecule has 2 aliphatic rings. The molecule has 3 heteroatoms. The van der Waals surface area contributed by atoms with Crippen LogP contribution in [0, 0.1) is 17.3 Å². The summed E-state index contributed by atoms with van der Waals surface area (Å²) in [6, 6.07) is 0.0579. The third-order valence-corrected chi connectivity index (χ3v) is 4.67. The molecule has 2 rings (SSSR count). The highest BCUT2D eigenvalue weighted by molar-refractivity contribution is 5.83. The van der Waals surface area contributed by atoms with Crippen LogP contribution in [0.1, 0.15) is 46.5 Å². The Bertz CT molecular complexity index is 295. The Labute approximate surface area is 105 Å². The van der Waals surface area contributed by atoms with Crippen LogP contribution in [0.25, 0.3) is 0 Å². The maximum absolute atomic E-state index is 12.7. The van der Waals surface area contributed by atoms with Gasteiger partial charge in [-0.3, -0.25) is 4.79 Å². The predicted molar refractivity (Wildman–Crippen MR) is 69.5 cm³/mol. The molecule has 0 aromatic heterocycles. The van der Waals surface area contributed by atoms with Crippen molar-refractivity contribution >= 4 is 5.91 Å². The van der Waals surface area contributed by atoms with Crippen LogP contribution in [0.3, 0.4) is 0 Å². The Morgan fingerprint density at radius 2 is 1.88 bits per heavy atom. The second-order valence-corrected chi connectivity index (χ2v) is 6.57. The van der Waals surface area contributed by atoms with Crippen molar-refractivity contribution < 1.29 is 4.79 Å². The number of amides is 1. The molecule has 1 saturated heterocycles. The van der Waals surface area contributed by atoms with E-state index in [0.717, 1.165) is 32.4 Å². The van der Waals surface area contributed by atoms with Gasteiger partial charge in [0.25, 0.3) is 0 Å². The topological polar surface area (TPSA) is 46.3 Å². The summed E-state index contributed by atoms with van der Waals surface area (Å²) in [6.07, 6.45) is 4.31. The molecule has 1 heterocycles. The average Bonchev–Trinajstić information content (AvgIpc) is 2.58. The molecule has 0 aromatic rings. The highest BCUT2D eigenvalue weighted by atomic mass is 16.2. The third-order valence-electron chi connectivity index (χ3n) is 4.67. The van der Waals surface area contributed by atoms with Crippen molar-refractivity contribution in [1.29, 1.82) is 0 Å². The van der Waals surface area contributed by atoms with Crippen LogP contribution in [0.5, 0.6) is 0 Å². The Morgan fingerprint density at radius 3 is 2.35 bits per heavy atom. The molecular weight excluding hydrogens is 212 g/mol. The van der Waals surface area contributed by atoms with Crippen molar-refractivity contribution in [2.75, 3.05) is 13.1 Å². The summed E-state index contributed by atoms with van der Waals surface area (Å²) in [5.74, 6) is 1.56. The van der Waals surface area contributed by atoms with Gasteiger partial charge in [0.15, 0.2) is 0 Å². The lowest BCUT2D eigenvalue weighted by Gasteiger charge is -2.40. The molecular formula is C14H26N2O.